The van der Waals surface area contributed by atoms with Crippen LogP contribution in [0, 0.1) is 0 Å². The molecule has 0 saturated carbocycles. The fourth-order valence-electron chi connectivity index (χ4n) is 2.52. The number of amides is 1. The summed E-state index contributed by atoms with van der Waals surface area (Å²) < 4.78 is 6.50. The highest BCUT2D eigenvalue weighted by Crippen LogP contribution is 2.40. The Kier molecular flexibility index (Phi) is 5.59. The molecule has 1 aromatic carbocycles. The molecule has 23 heavy (non-hydrogen) atoms. The number of alkyl halides is 1. The number of carbonyl (C=O) groups is 1. The lowest BCUT2D eigenvalue weighted by Gasteiger charge is -2.39. The van der Waals surface area contributed by atoms with E-state index in [1.54, 1.807) is 0 Å². The molecule has 0 aromatic heterocycles. The molecule has 1 N–H and O–H groups in total. The maximum atomic E-state index is 11.7. The molecule has 128 valence electrons. The van der Waals surface area contributed by atoms with Crippen LogP contribution in [-0.2, 0) is 15.6 Å². The van der Waals surface area contributed by atoms with Gasteiger partial charge in [0.2, 0.25) is 5.91 Å². The molecule has 0 spiro atoms. The maximum Gasteiger partial charge on any atom is 0.224 e. The zero-order chi connectivity index (χ0) is 17.3. The number of hydrogen-bond donors (Lipinski definition) is 1. The Bertz CT molecular complexity index is 581. The quantitative estimate of drug-likeness (QED) is 0.592. The standard InChI is InChI=1S/C18H28ClNO2Si/c1-18(2,3)23(4,5)22-16(12-19)14-9-10-15-13(11-14)7-6-8-17(21)20-15/h9-11,16H,6-8,12H2,1-5H3,(H,20,21). The second-order valence-corrected chi connectivity index (χ2v) is 12.9. The van der Waals surface area contributed by atoms with Crippen LogP contribution in [0.15, 0.2) is 18.2 Å². The summed E-state index contributed by atoms with van der Waals surface area (Å²) in [5.74, 6) is 0.542. The Morgan fingerprint density at radius 3 is 2.61 bits per heavy atom. The van der Waals surface area contributed by atoms with Gasteiger partial charge in [-0.05, 0) is 48.2 Å². The summed E-state index contributed by atoms with van der Waals surface area (Å²) in [5.41, 5.74) is 3.22. The molecule has 2 rings (SSSR count). The largest absolute Gasteiger partial charge is 0.409 e. The molecule has 1 aliphatic rings. The van der Waals surface area contributed by atoms with Crippen LogP contribution < -0.4 is 5.32 Å². The van der Waals surface area contributed by atoms with E-state index < -0.39 is 8.32 Å². The van der Waals surface area contributed by atoms with Gasteiger partial charge in [0.15, 0.2) is 8.32 Å². The van der Waals surface area contributed by atoms with E-state index in [1.807, 2.05) is 12.1 Å². The van der Waals surface area contributed by atoms with Gasteiger partial charge in [0.05, 0.1) is 12.0 Å². The van der Waals surface area contributed by atoms with Crippen molar-refractivity contribution in [3.63, 3.8) is 0 Å². The Morgan fingerprint density at radius 1 is 1.30 bits per heavy atom. The van der Waals surface area contributed by atoms with Gasteiger partial charge in [0.1, 0.15) is 0 Å². The summed E-state index contributed by atoms with van der Waals surface area (Å²) in [5, 5.41) is 3.12. The van der Waals surface area contributed by atoms with Crippen LogP contribution in [0.4, 0.5) is 5.69 Å². The second-order valence-electron chi connectivity index (χ2n) is 7.84. The number of hydrogen-bond acceptors (Lipinski definition) is 2. The molecule has 0 saturated heterocycles. The molecule has 1 atom stereocenters. The second kappa shape index (κ2) is 6.95. The SMILES string of the molecule is CC(C)(C)[Si](C)(C)OC(CCl)c1ccc2c(c1)CCCC(=O)N2. The van der Waals surface area contributed by atoms with E-state index in [4.69, 9.17) is 16.0 Å². The predicted molar refractivity (Wildman–Crippen MR) is 99.8 cm³/mol. The minimum Gasteiger partial charge on any atom is -0.409 e. The Hall–Kier alpha value is -0.843. The van der Waals surface area contributed by atoms with Gasteiger partial charge in [-0.15, -0.1) is 11.6 Å². The number of carbonyl (C=O) groups excluding carboxylic acids is 1. The van der Waals surface area contributed by atoms with Gasteiger partial charge in [0.25, 0.3) is 0 Å². The van der Waals surface area contributed by atoms with Crippen LogP contribution in [0.5, 0.6) is 0 Å². The minimum absolute atomic E-state index is 0.0955. The highest BCUT2D eigenvalue weighted by Gasteiger charge is 2.39. The number of aryl methyl sites for hydroxylation is 1. The van der Waals surface area contributed by atoms with Crippen LogP contribution in [0.3, 0.4) is 0 Å². The molecule has 1 aromatic rings. The van der Waals surface area contributed by atoms with Crippen LogP contribution in [-0.4, -0.2) is 20.1 Å². The average molecular weight is 354 g/mol. The molecule has 0 fully saturated rings. The monoisotopic (exact) mass is 353 g/mol. The van der Waals surface area contributed by atoms with Crippen LogP contribution in [0.25, 0.3) is 0 Å². The van der Waals surface area contributed by atoms with Crippen molar-refractivity contribution < 1.29 is 9.22 Å². The molecule has 1 amide bonds. The molecule has 1 aliphatic heterocycles. The zero-order valence-corrected chi connectivity index (χ0v) is 16.6. The van der Waals surface area contributed by atoms with Crippen molar-refractivity contribution in [3.05, 3.63) is 29.3 Å². The molecule has 3 nitrogen and oxygen atoms in total. The number of benzene rings is 1. The topological polar surface area (TPSA) is 38.3 Å². The van der Waals surface area contributed by atoms with Crippen LogP contribution in [0.1, 0.15) is 50.8 Å². The molecular weight excluding hydrogens is 326 g/mol. The lowest BCUT2D eigenvalue weighted by atomic mass is 10.0. The van der Waals surface area contributed by atoms with Gasteiger partial charge in [-0.1, -0.05) is 32.9 Å². The number of anilines is 1. The van der Waals surface area contributed by atoms with Gasteiger partial charge in [-0.25, -0.2) is 0 Å². The lowest BCUT2D eigenvalue weighted by Crippen LogP contribution is -2.42. The summed E-state index contributed by atoms with van der Waals surface area (Å²) in [6.07, 6.45) is 2.29. The van der Waals surface area contributed by atoms with Crippen molar-refractivity contribution in [1.82, 2.24) is 0 Å². The first-order chi connectivity index (χ1) is 10.6. The number of rotatable bonds is 4. The summed E-state index contributed by atoms with van der Waals surface area (Å²) >= 11 is 6.22. The first kappa shape index (κ1) is 18.5. The molecule has 5 heteroatoms. The van der Waals surface area contributed by atoms with Crippen molar-refractivity contribution in [2.75, 3.05) is 11.2 Å². The molecule has 0 aliphatic carbocycles. The predicted octanol–water partition coefficient (Wildman–Crippen LogP) is 5.26. The fourth-order valence-corrected chi connectivity index (χ4v) is 4.15. The van der Waals surface area contributed by atoms with Crippen LogP contribution in [0.2, 0.25) is 18.1 Å². The minimum atomic E-state index is -1.88. The summed E-state index contributed by atoms with van der Waals surface area (Å²) in [7, 11) is -1.88. The number of halogens is 1. The van der Waals surface area contributed by atoms with Crippen molar-refractivity contribution in [2.45, 2.75) is 64.3 Å². The van der Waals surface area contributed by atoms with Crippen LogP contribution >= 0.6 is 11.6 Å². The summed E-state index contributed by atoms with van der Waals surface area (Å²) in [6.45, 7) is 11.2. The van der Waals surface area contributed by atoms with Gasteiger partial charge in [-0.3, -0.25) is 4.79 Å². The zero-order valence-electron chi connectivity index (χ0n) is 14.8. The van der Waals surface area contributed by atoms with Crippen molar-refractivity contribution in [2.24, 2.45) is 0 Å². The van der Waals surface area contributed by atoms with Crippen molar-refractivity contribution in [3.8, 4) is 0 Å². The van der Waals surface area contributed by atoms with E-state index >= 15 is 0 Å². The Balaban J connectivity index is 2.26. The molecule has 1 heterocycles. The molecular formula is C18H28ClNO2Si. The normalized spacial score (nSPS) is 17.2. The molecule has 0 bridgehead atoms. The van der Waals surface area contributed by atoms with Crippen molar-refractivity contribution >= 4 is 31.5 Å². The highest BCUT2D eigenvalue weighted by molar-refractivity contribution is 6.74. The molecule has 0 radical (unpaired) electrons. The van der Waals surface area contributed by atoms with E-state index in [0.29, 0.717) is 12.3 Å². The average Bonchev–Trinajstić information content (AvgIpc) is 2.63. The van der Waals surface area contributed by atoms with Gasteiger partial charge in [0, 0.05) is 12.1 Å². The van der Waals surface area contributed by atoms with E-state index in [0.717, 1.165) is 24.1 Å². The number of fused-ring (bicyclic) bond motifs is 1. The summed E-state index contributed by atoms with van der Waals surface area (Å²) in [4.78, 5) is 11.7. The maximum absolute atomic E-state index is 11.7. The first-order valence-electron chi connectivity index (χ1n) is 8.30. The van der Waals surface area contributed by atoms with Gasteiger partial charge < -0.3 is 9.74 Å². The van der Waals surface area contributed by atoms with E-state index in [2.05, 4.69) is 45.2 Å². The number of nitrogens with one attached hydrogen (secondary N) is 1. The van der Waals surface area contributed by atoms with E-state index in [9.17, 15) is 4.79 Å². The fraction of sp³-hybridized carbons (Fsp3) is 0.611. The highest BCUT2D eigenvalue weighted by atomic mass is 35.5. The van der Waals surface area contributed by atoms with Gasteiger partial charge >= 0.3 is 0 Å². The van der Waals surface area contributed by atoms with Crippen molar-refractivity contribution in [1.29, 1.82) is 0 Å². The summed E-state index contributed by atoms with van der Waals surface area (Å²) in [6, 6.07) is 6.17. The molecule has 1 unspecified atom stereocenters. The third kappa shape index (κ3) is 4.37. The van der Waals surface area contributed by atoms with E-state index in [-0.39, 0.29) is 17.0 Å². The third-order valence-electron chi connectivity index (χ3n) is 5.01. The Labute approximate surface area is 145 Å². The third-order valence-corrected chi connectivity index (χ3v) is 9.77. The van der Waals surface area contributed by atoms with Gasteiger partial charge in [-0.2, -0.15) is 0 Å². The van der Waals surface area contributed by atoms with E-state index in [1.165, 1.54) is 5.56 Å². The first-order valence-corrected chi connectivity index (χ1v) is 11.7. The smallest absolute Gasteiger partial charge is 0.224 e. The Morgan fingerprint density at radius 2 is 2.00 bits per heavy atom. The lowest BCUT2D eigenvalue weighted by molar-refractivity contribution is -0.116.